The van der Waals surface area contributed by atoms with Crippen LogP contribution < -0.4 is 15.0 Å². The zero-order chi connectivity index (χ0) is 22.0. The first-order valence-electron chi connectivity index (χ1n) is 9.94. The molecule has 0 aromatic heterocycles. The maximum absolute atomic E-state index is 13.5. The lowest BCUT2D eigenvalue weighted by molar-refractivity contribution is -0.120. The van der Waals surface area contributed by atoms with E-state index >= 15 is 0 Å². The third kappa shape index (κ3) is 3.92. The average molecular weight is 416 g/mol. The van der Waals surface area contributed by atoms with Gasteiger partial charge in [-0.2, -0.15) is 0 Å². The fourth-order valence-corrected chi connectivity index (χ4v) is 3.51. The Kier molecular flexibility index (Phi) is 5.54. The number of benzene rings is 3. The van der Waals surface area contributed by atoms with Crippen LogP contribution in [0.2, 0.25) is 0 Å². The van der Waals surface area contributed by atoms with E-state index in [1.807, 2.05) is 26.0 Å². The molecular weight excluding hydrogens is 395 g/mol. The van der Waals surface area contributed by atoms with E-state index in [9.17, 15) is 14.0 Å². The van der Waals surface area contributed by atoms with Gasteiger partial charge in [0.25, 0.3) is 11.8 Å². The summed E-state index contributed by atoms with van der Waals surface area (Å²) >= 11 is 0. The third-order valence-electron chi connectivity index (χ3n) is 5.01. The molecule has 1 aliphatic rings. The highest BCUT2D eigenvalue weighted by molar-refractivity contribution is 6.46. The fraction of sp³-hybridized carbons (Fsp3) is 0.120. The second kappa shape index (κ2) is 8.44. The van der Waals surface area contributed by atoms with E-state index < -0.39 is 11.8 Å². The molecule has 2 amide bonds. The maximum atomic E-state index is 13.5. The number of nitrogens with zero attached hydrogens (tertiary/aromatic N) is 1. The molecule has 3 aromatic rings. The monoisotopic (exact) mass is 416 g/mol. The van der Waals surface area contributed by atoms with Gasteiger partial charge in [-0.1, -0.05) is 30.3 Å². The Bertz CT molecular complexity index is 1170. The minimum Gasteiger partial charge on any atom is -0.494 e. The number of aryl methyl sites for hydroxylation is 1. The average Bonchev–Trinajstić information content (AvgIpc) is 3.00. The van der Waals surface area contributed by atoms with Crippen LogP contribution in [0.4, 0.5) is 15.8 Å². The standard InChI is InChI=1S/C25H21FN2O3/c1-3-31-20-14-8-17(9-15-20)22-23(27-19-12-10-18(26)11-13-19)25(30)28(24(22)29)21-7-5-4-6-16(21)2/h4-15,27H,3H2,1-2H3. The Morgan fingerprint density at radius 2 is 1.58 bits per heavy atom. The molecule has 3 aromatic carbocycles. The van der Waals surface area contributed by atoms with E-state index in [0.717, 1.165) is 5.56 Å². The topological polar surface area (TPSA) is 58.6 Å². The summed E-state index contributed by atoms with van der Waals surface area (Å²) in [5.41, 5.74) is 2.81. The Labute approximate surface area is 179 Å². The number of ether oxygens (including phenoxy) is 1. The molecule has 31 heavy (non-hydrogen) atoms. The molecule has 0 fully saturated rings. The first kappa shape index (κ1) is 20.3. The summed E-state index contributed by atoms with van der Waals surface area (Å²) in [6.45, 7) is 4.26. The molecule has 0 unspecified atom stereocenters. The number of halogens is 1. The van der Waals surface area contributed by atoms with E-state index in [1.54, 1.807) is 36.4 Å². The van der Waals surface area contributed by atoms with Gasteiger partial charge in [0.1, 0.15) is 17.3 Å². The number of rotatable bonds is 6. The predicted octanol–water partition coefficient (Wildman–Crippen LogP) is 4.93. The van der Waals surface area contributed by atoms with Gasteiger partial charge in [0.2, 0.25) is 0 Å². The fourth-order valence-electron chi connectivity index (χ4n) is 3.51. The van der Waals surface area contributed by atoms with Crippen molar-refractivity contribution >= 4 is 28.8 Å². The zero-order valence-corrected chi connectivity index (χ0v) is 17.2. The van der Waals surface area contributed by atoms with Crippen molar-refractivity contribution in [2.24, 2.45) is 0 Å². The number of carbonyl (C=O) groups excluding carboxylic acids is 2. The van der Waals surface area contributed by atoms with Gasteiger partial charge < -0.3 is 10.1 Å². The molecule has 0 atom stereocenters. The molecule has 0 bridgehead atoms. The largest absolute Gasteiger partial charge is 0.494 e. The predicted molar refractivity (Wildman–Crippen MR) is 118 cm³/mol. The van der Waals surface area contributed by atoms with Crippen molar-refractivity contribution in [2.45, 2.75) is 13.8 Å². The van der Waals surface area contributed by atoms with Crippen molar-refractivity contribution in [3.05, 3.63) is 95.4 Å². The first-order valence-corrected chi connectivity index (χ1v) is 9.94. The number of imide groups is 1. The van der Waals surface area contributed by atoms with Crippen LogP contribution in [0.15, 0.2) is 78.5 Å². The van der Waals surface area contributed by atoms with Crippen molar-refractivity contribution in [3.63, 3.8) is 0 Å². The summed E-state index contributed by atoms with van der Waals surface area (Å²) in [6, 6.07) is 19.9. The normalized spacial score (nSPS) is 13.7. The van der Waals surface area contributed by atoms with Gasteiger partial charge in [-0.05, 0) is 67.4 Å². The molecule has 0 radical (unpaired) electrons. The molecule has 5 nitrogen and oxygen atoms in total. The van der Waals surface area contributed by atoms with E-state index in [4.69, 9.17) is 4.74 Å². The number of amides is 2. The van der Waals surface area contributed by atoms with Crippen molar-refractivity contribution in [1.29, 1.82) is 0 Å². The first-order chi connectivity index (χ1) is 15.0. The van der Waals surface area contributed by atoms with Gasteiger partial charge in [0.05, 0.1) is 17.9 Å². The van der Waals surface area contributed by atoms with Crippen LogP contribution in [0.5, 0.6) is 5.75 Å². The van der Waals surface area contributed by atoms with Crippen LogP contribution in [0.3, 0.4) is 0 Å². The molecule has 0 saturated carbocycles. The molecule has 156 valence electrons. The van der Waals surface area contributed by atoms with Crippen molar-refractivity contribution < 1.29 is 18.7 Å². The maximum Gasteiger partial charge on any atom is 0.282 e. The molecule has 0 saturated heterocycles. The molecule has 4 rings (SSSR count). The lowest BCUT2D eigenvalue weighted by Gasteiger charge is -2.17. The van der Waals surface area contributed by atoms with Gasteiger partial charge in [-0.3, -0.25) is 9.59 Å². The summed E-state index contributed by atoms with van der Waals surface area (Å²) in [5, 5.41) is 3.03. The molecular formula is C25H21FN2O3. The van der Waals surface area contributed by atoms with Gasteiger partial charge in [-0.15, -0.1) is 0 Å². The highest BCUT2D eigenvalue weighted by Crippen LogP contribution is 2.35. The summed E-state index contributed by atoms with van der Waals surface area (Å²) in [7, 11) is 0. The van der Waals surface area contributed by atoms with E-state index in [-0.39, 0.29) is 17.1 Å². The van der Waals surface area contributed by atoms with Crippen LogP contribution in [0, 0.1) is 12.7 Å². The van der Waals surface area contributed by atoms with Crippen LogP contribution >= 0.6 is 0 Å². The molecule has 1 heterocycles. The molecule has 1 N–H and O–H groups in total. The minimum absolute atomic E-state index is 0.143. The minimum atomic E-state index is -0.465. The number of anilines is 2. The van der Waals surface area contributed by atoms with Crippen LogP contribution in [0.25, 0.3) is 5.57 Å². The Morgan fingerprint density at radius 3 is 2.23 bits per heavy atom. The summed E-state index contributed by atoms with van der Waals surface area (Å²) in [4.78, 5) is 28.0. The van der Waals surface area contributed by atoms with Crippen LogP contribution in [-0.2, 0) is 9.59 Å². The van der Waals surface area contributed by atoms with Crippen molar-refractivity contribution in [1.82, 2.24) is 0 Å². The number of para-hydroxylation sites is 1. The molecule has 1 aliphatic heterocycles. The summed E-state index contributed by atoms with van der Waals surface area (Å²) < 4.78 is 18.8. The zero-order valence-electron chi connectivity index (χ0n) is 17.2. The molecule has 0 aliphatic carbocycles. The van der Waals surface area contributed by atoms with Gasteiger partial charge in [0.15, 0.2) is 0 Å². The Hall–Kier alpha value is -3.93. The Balaban J connectivity index is 1.80. The van der Waals surface area contributed by atoms with Gasteiger partial charge >= 0.3 is 0 Å². The van der Waals surface area contributed by atoms with E-state index in [0.29, 0.717) is 29.3 Å². The van der Waals surface area contributed by atoms with Crippen LogP contribution in [0.1, 0.15) is 18.1 Å². The highest BCUT2D eigenvalue weighted by atomic mass is 19.1. The van der Waals surface area contributed by atoms with Gasteiger partial charge in [0, 0.05) is 5.69 Å². The number of carbonyl (C=O) groups is 2. The third-order valence-corrected chi connectivity index (χ3v) is 5.01. The summed E-state index contributed by atoms with van der Waals surface area (Å²) in [6.07, 6.45) is 0. The Morgan fingerprint density at radius 1 is 0.903 bits per heavy atom. The number of nitrogens with one attached hydrogen (secondary N) is 1. The lowest BCUT2D eigenvalue weighted by atomic mass is 10.0. The molecule has 6 heteroatoms. The number of hydrogen-bond donors (Lipinski definition) is 1. The van der Waals surface area contributed by atoms with Crippen molar-refractivity contribution in [2.75, 3.05) is 16.8 Å². The van der Waals surface area contributed by atoms with E-state index in [1.165, 1.54) is 29.2 Å². The van der Waals surface area contributed by atoms with E-state index in [2.05, 4.69) is 5.32 Å². The quantitative estimate of drug-likeness (QED) is 0.579. The summed E-state index contributed by atoms with van der Waals surface area (Å²) in [5.74, 6) is -0.602. The second-order valence-corrected chi connectivity index (χ2v) is 7.07. The van der Waals surface area contributed by atoms with Crippen LogP contribution in [-0.4, -0.2) is 18.4 Å². The smallest absolute Gasteiger partial charge is 0.282 e. The highest BCUT2D eigenvalue weighted by Gasteiger charge is 2.40. The number of hydrogen-bond acceptors (Lipinski definition) is 4. The lowest BCUT2D eigenvalue weighted by Crippen LogP contribution is -2.33. The van der Waals surface area contributed by atoms with Crippen molar-refractivity contribution in [3.8, 4) is 5.75 Å². The molecule has 0 spiro atoms. The second-order valence-electron chi connectivity index (χ2n) is 7.07. The van der Waals surface area contributed by atoms with Gasteiger partial charge in [-0.25, -0.2) is 9.29 Å². The SMILES string of the molecule is CCOc1ccc(C2=C(Nc3ccc(F)cc3)C(=O)N(c3ccccc3C)C2=O)cc1.